The van der Waals surface area contributed by atoms with E-state index in [9.17, 15) is 5.11 Å². The summed E-state index contributed by atoms with van der Waals surface area (Å²) < 4.78 is 2.27. The Bertz CT molecular complexity index is 445. The van der Waals surface area contributed by atoms with Gasteiger partial charge in [0.05, 0.1) is 0 Å². The molecule has 0 radical (unpaired) electrons. The van der Waals surface area contributed by atoms with E-state index in [1.807, 2.05) is 0 Å². The summed E-state index contributed by atoms with van der Waals surface area (Å²) in [7, 11) is 0. The molecule has 5 nitrogen and oxygen atoms in total. The lowest BCUT2D eigenvalue weighted by Gasteiger charge is -2.35. The summed E-state index contributed by atoms with van der Waals surface area (Å²) in [4.78, 5) is 2.58. The molecule has 0 saturated carbocycles. The lowest BCUT2D eigenvalue weighted by atomic mass is 9.97. The first-order valence-electron chi connectivity index (χ1n) is 8.07. The van der Waals surface area contributed by atoms with E-state index >= 15 is 0 Å². The van der Waals surface area contributed by atoms with E-state index in [0.717, 1.165) is 44.0 Å². The summed E-state index contributed by atoms with van der Waals surface area (Å²) in [6, 6.07) is 0.622. The van der Waals surface area contributed by atoms with Crippen molar-refractivity contribution in [2.45, 2.75) is 58.0 Å². The van der Waals surface area contributed by atoms with Crippen molar-refractivity contribution in [3.05, 3.63) is 11.6 Å². The van der Waals surface area contributed by atoms with Crippen molar-refractivity contribution in [1.29, 1.82) is 0 Å². The fraction of sp³-hybridized carbons (Fsp3) is 0.867. The Kier molecular flexibility index (Phi) is 4.36. The molecular weight excluding hydrogens is 252 g/mol. The zero-order valence-corrected chi connectivity index (χ0v) is 12.5. The van der Waals surface area contributed by atoms with E-state index in [0.29, 0.717) is 12.0 Å². The highest BCUT2D eigenvalue weighted by Crippen LogP contribution is 2.23. The topological polar surface area (TPSA) is 54.2 Å². The van der Waals surface area contributed by atoms with E-state index in [-0.39, 0.29) is 6.61 Å². The van der Waals surface area contributed by atoms with Crippen LogP contribution in [-0.4, -0.2) is 50.5 Å². The van der Waals surface area contributed by atoms with Gasteiger partial charge in [-0.25, -0.2) is 0 Å². The van der Waals surface area contributed by atoms with E-state index < -0.39 is 0 Å². The Balaban J connectivity index is 1.73. The Morgan fingerprint density at radius 1 is 1.25 bits per heavy atom. The van der Waals surface area contributed by atoms with Crippen LogP contribution in [0, 0.1) is 5.92 Å². The molecule has 2 unspecified atom stereocenters. The van der Waals surface area contributed by atoms with E-state index in [4.69, 9.17) is 0 Å². The predicted octanol–water partition coefficient (Wildman–Crippen LogP) is 1.25. The van der Waals surface area contributed by atoms with Gasteiger partial charge < -0.3 is 14.6 Å². The van der Waals surface area contributed by atoms with Crippen LogP contribution < -0.4 is 0 Å². The largest absolute Gasteiger partial charge is 0.396 e. The SMILES string of the molecule is CCN1CCCCC1Cc1nnc2n1CC(CO)CC2. The summed E-state index contributed by atoms with van der Waals surface area (Å²) in [5, 5.41) is 18.2. The smallest absolute Gasteiger partial charge is 0.134 e. The van der Waals surface area contributed by atoms with Crippen LogP contribution in [0.3, 0.4) is 0 Å². The molecule has 0 bridgehead atoms. The molecule has 1 aromatic heterocycles. The molecule has 112 valence electrons. The lowest BCUT2D eigenvalue weighted by Crippen LogP contribution is -2.41. The number of hydrogen-bond donors (Lipinski definition) is 1. The highest BCUT2D eigenvalue weighted by molar-refractivity contribution is 5.02. The molecule has 1 N–H and O–H groups in total. The molecule has 1 aromatic rings. The number of piperidine rings is 1. The first-order chi connectivity index (χ1) is 9.81. The number of rotatable bonds is 4. The molecule has 0 amide bonds. The second kappa shape index (κ2) is 6.22. The Morgan fingerprint density at radius 2 is 2.15 bits per heavy atom. The molecule has 20 heavy (non-hydrogen) atoms. The van der Waals surface area contributed by atoms with Gasteiger partial charge in [0.15, 0.2) is 0 Å². The van der Waals surface area contributed by atoms with Crippen LogP contribution in [0.5, 0.6) is 0 Å². The third kappa shape index (κ3) is 2.74. The van der Waals surface area contributed by atoms with Crippen molar-refractivity contribution < 1.29 is 5.11 Å². The highest BCUT2D eigenvalue weighted by atomic mass is 16.3. The molecular formula is C15H26N4O. The van der Waals surface area contributed by atoms with Crippen molar-refractivity contribution in [3.63, 3.8) is 0 Å². The molecule has 0 spiro atoms. The zero-order valence-electron chi connectivity index (χ0n) is 12.5. The molecule has 1 fully saturated rings. The van der Waals surface area contributed by atoms with Gasteiger partial charge in [-0.3, -0.25) is 0 Å². The van der Waals surface area contributed by atoms with Gasteiger partial charge in [-0.1, -0.05) is 13.3 Å². The molecule has 2 aliphatic rings. The van der Waals surface area contributed by atoms with Gasteiger partial charge in [0, 0.05) is 38.0 Å². The normalized spacial score (nSPS) is 27.5. The number of nitrogens with zero attached hydrogens (tertiary/aromatic N) is 4. The van der Waals surface area contributed by atoms with Crippen LogP contribution in [0.2, 0.25) is 0 Å². The number of aromatic nitrogens is 3. The molecule has 0 aliphatic carbocycles. The standard InChI is InChI=1S/C15H26N4O/c1-2-18-8-4-3-5-13(18)9-15-17-16-14-7-6-12(11-20)10-19(14)15/h12-13,20H,2-11H2,1H3. The quantitative estimate of drug-likeness (QED) is 0.900. The molecule has 1 saturated heterocycles. The Labute approximate surface area is 121 Å². The van der Waals surface area contributed by atoms with E-state index in [2.05, 4.69) is 26.6 Å². The minimum absolute atomic E-state index is 0.279. The number of aryl methyl sites for hydroxylation is 1. The summed E-state index contributed by atoms with van der Waals surface area (Å²) >= 11 is 0. The van der Waals surface area contributed by atoms with Crippen LogP contribution in [0.4, 0.5) is 0 Å². The summed E-state index contributed by atoms with van der Waals surface area (Å²) in [5.41, 5.74) is 0. The van der Waals surface area contributed by atoms with Crippen molar-refractivity contribution >= 4 is 0 Å². The van der Waals surface area contributed by atoms with Crippen molar-refractivity contribution in [2.24, 2.45) is 5.92 Å². The second-order valence-corrected chi connectivity index (χ2v) is 6.21. The number of likely N-dealkylation sites (N-methyl/N-ethyl adjacent to an activating group) is 1. The first kappa shape index (κ1) is 14.0. The minimum Gasteiger partial charge on any atom is -0.396 e. The maximum atomic E-state index is 9.38. The third-order valence-electron chi connectivity index (χ3n) is 4.95. The van der Waals surface area contributed by atoms with Crippen LogP contribution in [0.25, 0.3) is 0 Å². The average Bonchev–Trinajstić information content (AvgIpc) is 2.90. The van der Waals surface area contributed by atoms with Crippen molar-refractivity contribution in [3.8, 4) is 0 Å². The molecule has 2 aliphatic heterocycles. The molecule has 5 heteroatoms. The lowest BCUT2D eigenvalue weighted by molar-refractivity contribution is 0.150. The second-order valence-electron chi connectivity index (χ2n) is 6.21. The average molecular weight is 278 g/mol. The van der Waals surface area contributed by atoms with E-state index in [1.54, 1.807) is 0 Å². The Morgan fingerprint density at radius 3 is 2.95 bits per heavy atom. The third-order valence-corrected chi connectivity index (χ3v) is 4.95. The van der Waals surface area contributed by atoms with Gasteiger partial charge in [-0.2, -0.15) is 0 Å². The van der Waals surface area contributed by atoms with Crippen LogP contribution >= 0.6 is 0 Å². The maximum Gasteiger partial charge on any atom is 0.134 e. The number of fused-ring (bicyclic) bond motifs is 1. The summed E-state index contributed by atoms with van der Waals surface area (Å²) in [5.74, 6) is 2.62. The van der Waals surface area contributed by atoms with E-state index in [1.165, 1.54) is 25.8 Å². The number of likely N-dealkylation sites (tertiary alicyclic amines) is 1. The Hall–Kier alpha value is -0.940. The molecule has 3 rings (SSSR count). The summed E-state index contributed by atoms with van der Waals surface area (Å²) in [6.07, 6.45) is 6.95. The van der Waals surface area contributed by atoms with Gasteiger partial charge in [0.2, 0.25) is 0 Å². The van der Waals surface area contributed by atoms with Crippen molar-refractivity contribution in [2.75, 3.05) is 19.7 Å². The molecule has 2 atom stereocenters. The highest BCUT2D eigenvalue weighted by Gasteiger charge is 2.26. The predicted molar refractivity (Wildman–Crippen MR) is 77.5 cm³/mol. The fourth-order valence-electron chi connectivity index (χ4n) is 3.67. The van der Waals surface area contributed by atoms with Crippen LogP contribution in [0.15, 0.2) is 0 Å². The zero-order chi connectivity index (χ0) is 13.9. The minimum atomic E-state index is 0.279. The fourth-order valence-corrected chi connectivity index (χ4v) is 3.67. The van der Waals surface area contributed by atoms with Gasteiger partial charge in [-0.05, 0) is 32.4 Å². The van der Waals surface area contributed by atoms with Gasteiger partial charge >= 0.3 is 0 Å². The number of hydrogen-bond acceptors (Lipinski definition) is 4. The number of aliphatic hydroxyl groups excluding tert-OH is 1. The van der Waals surface area contributed by atoms with Crippen LogP contribution in [0.1, 0.15) is 44.3 Å². The molecule has 0 aromatic carbocycles. The van der Waals surface area contributed by atoms with Crippen molar-refractivity contribution in [1.82, 2.24) is 19.7 Å². The number of aliphatic hydroxyl groups is 1. The maximum absolute atomic E-state index is 9.38. The van der Waals surface area contributed by atoms with Gasteiger partial charge in [-0.15, -0.1) is 10.2 Å². The monoisotopic (exact) mass is 278 g/mol. The van der Waals surface area contributed by atoms with Gasteiger partial charge in [0.25, 0.3) is 0 Å². The molecule has 3 heterocycles. The summed E-state index contributed by atoms with van der Waals surface area (Å²) in [6.45, 7) is 5.78. The van der Waals surface area contributed by atoms with Gasteiger partial charge in [0.1, 0.15) is 11.6 Å². The first-order valence-corrected chi connectivity index (χ1v) is 8.07. The van der Waals surface area contributed by atoms with Crippen LogP contribution in [-0.2, 0) is 19.4 Å².